The number of nitrogens with zero attached hydrogens (tertiary/aromatic N) is 2. The number of ether oxygens (including phenoxy) is 2. The molecule has 0 radical (unpaired) electrons. The SMILES string of the molecule is Cc1ccc(S(=O)(=O)N(Cc2ccccc2)C[C@@H](O)COc2ccc(S(=O)(=O)N3CCOCC3)cc2)cc1. The fraction of sp³-hybridized carbons (Fsp3) is 0.333. The lowest BCUT2D eigenvalue weighted by atomic mass is 10.2. The van der Waals surface area contributed by atoms with Crippen LogP contribution >= 0.6 is 0 Å². The van der Waals surface area contributed by atoms with Gasteiger partial charge < -0.3 is 14.6 Å². The largest absolute Gasteiger partial charge is 0.491 e. The van der Waals surface area contributed by atoms with Crippen LogP contribution in [0.3, 0.4) is 0 Å². The van der Waals surface area contributed by atoms with E-state index in [4.69, 9.17) is 9.47 Å². The second-order valence-corrected chi connectivity index (χ2v) is 12.9. The van der Waals surface area contributed by atoms with Gasteiger partial charge in [0.25, 0.3) is 0 Å². The highest BCUT2D eigenvalue weighted by Gasteiger charge is 2.28. The van der Waals surface area contributed by atoms with Gasteiger partial charge in [0.15, 0.2) is 0 Å². The van der Waals surface area contributed by atoms with Gasteiger partial charge in [-0.25, -0.2) is 16.8 Å². The molecule has 1 saturated heterocycles. The van der Waals surface area contributed by atoms with Gasteiger partial charge in [0.2, 0.25) is 20.0 Å². The average Bonchev–Trinajstić information content (AvgIpc) is 2.93. The summed E-state index contributed by atoms with van der Waals surface area (Å²) in [6.07, 6.45) is -1.13. The summed E-state index contributed by atoms with van der Waals surface area (Å²) in [6, 6.07) is 21.7. The van der Waals surface area contributed by atoms with Gasteiger partial charge in [0.1, 0.15) is 18.5 Å². The zero-order valence-corrected chi connectivity index (χ0v) is 22.8. The zero-order valence-electron chi connectivity index (χ0n) is 21.1. The van der Waals surface area contributed by atoms with Crippen molar-refractivity contribution in [2.24, 2.45) is 0 Å². The van der Waals surface area contributed by atoms with Crippen molar-refractivity contribution in [3.63, 3.8) is 0 Å². The molecule has 0 spiro atoms. The minimum Gasteiger partial charge on any atom is -0.491 e. The number of aryl methyl sites for hydroxylation is 1. The second-order valence-electron chi connectivity index (χ2n) is 9.05. The summed E-state index contributed by atoms with van der Waals surface area (Å²) in [6.45, 7) is 2.93. The summed E-state index contributed by atoms with van der Waals surface area (Å²) in [7, 11) is -7.52. The fourth-order valence-electron chi connectivity index (χ4n) is 4.02. The summed E-state index contributed by atoms with van der Waals surface area (Å²) in [5.74, 6) is 0.362. The molecule has 1 heterocycles. The zero-order chi connectivity index (χ0) is 27.2. The van der Waals surface area contributed by atoms with E-state index in [0.29, 0.717) is 32.1 Å². The van der Waals surface area contributed by atoms with Gasteiger partial charge >= 0.3 is 0 Å². The first-order chi connectivity index (χ1) is 18.2. The number of sulfonamides is 2. The number of benzene rings is 3. The van der Waals surface area contributed by atoms with Crippen LogP contribution in [-0.4, -0.2) is 76.1 Å². The predicted octanol–water partition coefficient (Wildman–Crippen LogP) is 2.65. The van der Waals surface area contributed by atoms with Gasteiger partial charge in [0.05, 0.1) is 23.0 Å². The maximum Gasteiger partial charge on any atom is 0.243 e. The third-order valence-corrected chi connectivity index (χ3v) is 9.89. The molecule has 3 aromatic carbocycles. The topological polar surface area (TPSA) is 113 Å². The van der Waals surface area contributed by atoms with Crippen LogP contribution in [-0.2, 0) is 31.3 Å². The molecule has 0 saturated carbocycles. The van der Waals surface area contributed by atoms with Crippen molar-refractivity contribution in [1.29, 1.82) is 0 Å². The Bertz CT molecular complexity index is 1390. The molecule has 3 aromatic rings. The molecular weight excluding hydrogens is 528 g/mol. The molecule has 0 aromatic heterocycles. The lowest BCUT2D eigenvalue weighted by Crippen LogP contribution is -2.40. The van der Waals surface area contributed by atoms with E-state index in [1.54, 1.807) is 24.3 Å². The molecule has 0 unspecified atom stereocenters. The maximum atomic E-state index is 13.4. The molecule has 1 aliphatic rings. The molecule has 9 nitrogen and oxygen atoms in total. The van der Waals surface area contributed by atoms with E-state index >= 15 is 0 Å². The Labute approximate surface area is 224 Å². The standard InChI is InChI=1S/C27H32N2O7S2/c1-22-7-11-26(12-8-22)38(33,34)29(19-23-5-3-2-4-6-23)20-24(30)21-36-25-9-13-27(14-10-25)37(31,32)28-15-17-35-18-16-28/h2-14,24,30H,15-21H2,1H3/t24-/m1/s1. The first kappa shape index (κ1) is 28.2. The van der Waals surface area contributed by atoms with Crippen molar-refractivity contribution in [2.45, 2.75) is 29.4 Å². The maximum absolute atomic E-state index is 13.4. The van der Waals surface area contributed by atoms with Crippen molar-refractivity contribution in [3.05, 3.63) is 90.0 Å². The molecular formula is C27H32N2O7S2. The van der Waals surface area contributed by atoms with Crippen LogP contribution in [0.5, 0.6) is 5.75 Å². The normalized spacial score (nSPS) is 15.9. The number of aliphatic hydroxyl groups is 1. The van der Waals surface area contributed by atoms with E-state index in [0.717, 1.165) is 11.1 Å². The molecule has 204 valence electrons. The van der Waals surface area contributed by atoms with Crippen LogP contribution in [0.2, 0.25) is 0 Å². The number of aliphatic hydroxyl groups excluding tert-OH is 1. The molecule has 0 aliphatic carbocycles. The quantitative estimate of drug-likeness (QED) is 0.384. The number of hydrogen-bond acceptors (Lipinski definition) is 7. The molecule has 1 atom stereocenters. The van der Waals surface area contributed by atoms with Crippen LogP contribution in [0.15, 0.2) is 88.7 Å². The van der Waals surface area contributed by atoms with E-state index in [1.165, 1.54) is 32.9 Å². The summed E-state index contributed by atoms with van der Waals surface area (Å²) in [5, 5.41) is 10.7. The summed E-state index contributed by atoms with van der Waals surface area (Å²) >= 11 is 0. The lowest BCUT2D eigenvalue weighted by molar-refractivity contribution is 0.0730. The van der Waals surface area contributed by atoms with Crippen LogP contribution < -0.4 is 4.74 Å². The van der Waals surface area contributed by atoms with E-state index in [-0.39, 0.29) is 29.5 Å². The van der Waals surface area contributed by atoms with Gasteiger partial charge in [-0.15, -0.1) is 0 Å². The molecule has 0 bridgehead atoms. The van der Waals surface area contributed by atoms with Crippen molar-refractivity contribution in [1.82, 2.24) is 8.61 Å². The summed E-state index contributed by atoms with van der Waals surface area (Å²) in [5.41, 5.74) is 1.73. The van der Waals surface area contributed by atoms with Gasteiger partial charge in [0, 0.05) is 26.2 Å². The van der Waals surface area contributed by atoms with Crippen molar-refractivity contribution in [3.8, 4) is 5.75 Å². The summed E-state index contributed by atoms with van der Waals surface area (Å²) in [4.78, 5) is 0.287. The molecule has 4 rings (SSSR count). The first-order valence-corrected chi connectivity index (χ1v) is 15.1. The smallest absolute Gasteiger partial charge is 0.243 e. The molecule has 38 heavy (non-hydrogen) atoms. The summed E-state index contributed by atoms with van der Waals surface area (Å²) < 4.78 is 65.9. The van der Waals surface area contributed by atoms with E-state index in [9.17, 15) is 21.9 Å². The Morgan fingerprint density at radius 2 is 1.50 bits per heavy atom. The Balaban J connectivity index is 1.42. The van der Waals surface area contributed by atoms with Crippen molar-refractivity contribution >= 4 is 20.0 Å². The number of morpholine rings is 1. The third kappa shape index (κ3) is 6.99. The minimum absolute atomic E-state index is 0.0855. The molecule has 1 aliphatic heterocycles. The molecule has 11 heteroatoms. The Morgan fingerprint density at radius 1 is 0.895 bits per heavy atom. The highest BCUT2D eigenvalue weighted by Crippen LogP contribution is 2.22. The van der Waals surface area contributed by atoms with Gasteiger partial charge in [-0.2, -0.15) is 8.61 Å². The van der Waals surface area contributed by atoms with E-state index in [1.807, 2.05) is 37.3 Å². The van der Waals surface area contributed by atoms with Gasteiger partial charge in [-0.3, -0.25) is 0 Å². The Kier molecular flexibility index (Phi) is 9.19. The first-order valence-electron chi connectivity index (χ1n) is 12.3. The van der Waals surface area contributed by atoms with Gasteiger partial charge in [-0.1, -0.05) is 48.0 Å². The Morgan fingerprint density at radius 3 is 2.13 bits per heavy atom. The monoisotopic (exact) mass is 560 g/mol. The Hall–Kier alpha value is -2.80. The molecule has 1 N–H and O–H groups in total. The van der Waals surface area contributed by atoms with Crippen LogP contribution in [0, 0.1) is 6.92 Å². The highest BCUT2D eigenvalue weighted by atomic mass is 32.2. The molecule has 0 amide bonds. The van der Waals surface area contributed by atoms with E-state index < -0.39 is 26.2 Å². The molecule has 1 fully saturated rings. The minimum atomic E-state index is -3.89. The van der Waals surface area contributed by atoms with Crippen LogP contribution in [0.1, 0.15) is 11.1 Å². The van der Waals surface area contributed by atoms with Crippen LogP contribution in [0.4, 0.5) is 0 Å². The van der Waals surface area contributed by atoms with E-state index in [2.05, 4.69) is 0 Å². The predicted molar refractivity (Wildman–Crippen MR) is 143 cm³/mol. The number of hydrogen-bond donors (Lipinski definition) is 1. The third-order valence-electron chi connectivity index (χ3n) is 6.15. The highest BCUT2D eigenvalue weighted by molar-refractivity contribution is 7.89. The second kappa shape index (κ2) is 12.4. The van der Waals surface area contributed by atoms with Gasteiger partial charge in [-0.05, 0) is 48.9 Å². The van der Waals surface area contributed by atoms with Crippen LogP contribution in [0.25, 0.3) is 0 Å². The lowest BCUT2D eigenvalue weighted by Gasteiger charge is -2.26. The number of rotatable bonds is 11. The van der Waals surface area contributed by atoms with Crippen molar-refractivity contribution < 1.29 is 31.4 Å². The average molecular weight is 561 g/mol. The van der Waals surface area contributed by atoms with Crippen molar-refractivity contribution in [2.75, 3.05) is 39.5 Å². The fourth-order valence-corrected chi connectivity index (χ4v) is 6.89.